The van der Waals surface area contributed by atoms with Gasteiger partial charge in [0, 0.05) is 6.20 Å². The van der Waals surface area contributed by atoms with Crippen LogP contribution in [0.15, 0.2) is 36.5 Å². The van der Waals surface area contributed by atoms with Gasteiger partial charge in [-0.3, -0.25) is 0 Å². The van der Waals surface area contributed by atoms with Gasteiger partial charge in [-0.05, 0) is 41.8 Å². The van der Waals surface area contributed by atoms with Crippen molar-refractivity contribution in [2.75, 3.05) is 0 Å². The van der Waals surface area contributed by atoms with Gasteiger partial charge in [-0.15, -0.1) is 0 Å². The number of nitrogens with two attached hydrogens (primary N) is 1. The van der Waals surface area contributed by atoms with Gasteiger partial charge in [0.05, 0.1) is 23.7 Å². The van der Waals surface area contributed by atoms with Crippen LogP contribution in [-0.4, -0.2) is 14.5 Å². The lowest BCUT2D eigenvalue weighted by Gasteiger charge is -2.20. The van der Waals surface area contributed by atoms with Crippen molar-refractivity contribution in [3.8, 4) is 0 Å². The van der Waals surface area contributed by atoms with E-state index >= 15 is 0 Å². The zero-order valence-electron chi connectivity index (χ0n) is 16.2. The molecule has 4 nitrogen and oxygen atoms in total. The van der Waals surface area contributed by atoms with Crippen LogP contribution >= 0.6 is 0 Å². The molecule has 0 aliphatic carbocycles. The van der Waals surface area contributed by atoms with Gasteiger partial charge in [-0.1, -0.05) is 20.3 Å². The lowest BCUT2D eigenvalue weighted by molar-refractivity contribution is -0.143. The Morgan fingerprint density at radius 2 is 1.63 bits per heavy atom. The Labute approximate surface area is 168 Å². The number of fused-ring (bicyclic) bond motifs is 1. The van der Waals surface area contributed by atoms with E-state index in [-0.39, 0.29) is 24.1 Å². The summed E-state index contributed by atoms with van der Waals surface area (Å²) in [6, 6.07) is 4.28. The molecule has 0 saturated heterocycles. The van der Waals surface area contributed by atoms with E-state index in [9.17, 15) is 26.3 Å². The molecule has 0 radical (unpaired) electrons. The molecule has 2 N–H and O–H groups in total. The van der Waals surface area contributed by atoms with Crippen molar-refractivity contribution in [3.05, 3.63) is 59.0 Å². The molecule has 162 valence electrons. The van der Waals surface area contributed by atoms with Crippen LogP contribution in [0.25, 0.3) is 11.2 Å². The van der Waals surface area contributed by atoms with Crippen molar-refractivity contribution >= 4 is 11.2 Å². The van der Waals surface area contributed by atoms with Crippen LogP contribution < -0.4 is 5.73 Å². The fraction of sp³-hybridized carbons (Fsp3) is 0.400. The Balaban J connectivity index is 2.16. The van der Waals surface area contributed by atoms with Gasteiger partial charge in [0.2, 0.25) is 0 Å². The van der Waals surface area contributed by atoms with E-state index < -0.39 is 29.5 Å². The van der Waals surface area contributed by atoms with Crippen molar-refractivity contribution in [2.24, 2.45) is 11.7 Å². The molecule has 2 heterocycles. The van der Waals surface area contributed by atoms with E-state index in [4.69, 9.17) is 5.73 Å². The third kappa shape index (κ3) is 4.43. The third-order valence-corrected chi connectivity index (χ3v) is 5.08. The number of halogens is 6. The lowest BCUT2D eigenvalue weighted by atomic mass is 9.99. The number of aromatic nitrogens is 3. The summed E-state index contributed by atoms with van der Waals surface area (Å²) < 4.78 is 80.7. The number of benzene rings is 1. The summed E-state index contributed by atoms with van der Waals surface area (Å²) in [7, 11) is 0. The van der Waals surface area contributed by atoms with Gasteiger partial charge in [-0.25, -0.2) is 9.97 Å². The van der Waals surface area contributed by atoms with E-state index in [0.717, 1.165) is 6.42 Å². The maximum absolute atomic E-state index is 13.2. The molecule has 3 rings (SSSR count). The summed E-state index contributed by atoms with van der Waals surface area (Å²) in [5.41, 5.74) is 4.21. The highest BCUT2D eigenvalue weighted by Crippen LogP contribution is 2.37. The molecule has 0 unspecified atom stereocenters. The zero-order chi connectivity index (χ0) is 22.3. The van der Waals surface area contributed by atoms with Crippen molar-refractivity contribution in [3.63, 3.8) is 0 Å². The normalized spacial score (nSPS) is 14.8. The largest absolute Gasteiger partial charge is 0.416 e. The van der Waals surface area contributed by atoms with Crippen LogP contribution in [0.5, 0.6) is 0 Å². The number of nitrogens with zero attached hydrogens (tertiary/aromatic N) is 3. The highest BCUT2D eigenvalue weighted by molar-refractivity contribution is 5.71. The van der Waals surface area contributed by atoms with Crippen LogP contribution in [0.1, 0.15) is 48.8 Å². The van der Waals surface area contributed by atoms with Crippen LogP contribution in [-0.2, 0) is 18.9 Å². The molecule has 0 spiro atoms. The topological polar surface area (TPSA) is 56.7 Å². The van der Waals surface area contributed by atoms with Gasteiger partial charge in [0.25, 0.3) is 0 Å². The molecular weight excluding hydrogens is 410 g/mol. The Morgan fingerprint density at radius 3 is 2.17 bits per heavy atom. The summed E-state index contributed by atoms with van der Waals surface area (Å²) >= 11 is 0. The van der Waals surface area contributed by atoms with Gasteiger partial charge < -0.3 is 10.3 Å². The standard InChI is InChI=1S/C20H20F6N4/c1-3-11(2)16(27)18-29-15-5-4-6-28-17(15)30(18)10-12-7-13(19(21,22)23)9-14(8-12)20(24,25)26/h4-9,11,16H,3,10,27H2,1-2H3/t11-,16-/m0/s1. The molecule has 30 heavy (non-hydrogen) atoms. The number of alkyl halides is 6. The molecular formula is C20H20F6N4. The van der Waals surface area contributed by atoms with E-state index in [1.54, 1.807) is 12.1 Å². The monoisotopic (exact) mass is 430 g/mol. The molecule has 0 aliphatic rings. The number of hydrogen-bond acceptors (Lipinski definition) is 3. The first-order valence-electron chi connectivity index (χ1n) is 9.27. The second-order valence-corrected chi connectivity index (χ2v) is 7.23. The Bertz CT molecular complexity index is 1010. The number of rotatable bonds is 5. The summed E-state index contributed by atoms with van der Waals surface area (Å²) in [4.78, 5) is 8.66. The predicted octanol–water partition coefficient (Wildman–Crippen LogP) is 5.56. The number of imidazole rings is 1. The van der Waals surface area contributed by atoms with Crippen molar-refractivity contribution < 1.29 is 26.3 Å². The summed E-state index contributed by atoms with van der Waals surface area (Å²) in [6.45, 7) is 3.55. The van der Waals surface area contributed by atoms with Gasteiger partial charge in [-0.2, -0.15) is 26.3 Å². The number of pyridine rings is 1. The summed E-state index contributed by atoms with van der Waals surface area (Å²) in [6.07, 6.45) is -7.63. The summed E-state index contributed by atoms with van der Waals surface area (Å²) in [5, 5.41) is 0. The fourth-order valence-corrected chi connectivity index (χ4v) is 3.19. The maximum Gasteiger partial charge on any atom is 0.416 e. The molecule has 0 fully saturated rings. The van der Waals surface area contributed by atoms with Crippen molar-refractivity contribution in [2.45, 2.75) is 45.2 Å². The first-order chi connectivity index (χ1) is 13.9. The second-order valence-electron chi connectivity index (χ2n) is 7.23. The molecule has 2 aromatic heterocycles. The molecule has 0 bridgehead atoms. The van der Waals surface area contributed by atoms with E-state index in [1.165, 1.54) is 10.8 Å². The smallest absolute Gasteiger partial charge is 0.321 e. The van der Waals surface area contributed by atoms with Crippen LogP contribution in [0.4, 0.5) is 26.3 Å². The van der Waals surface area contributed by atoms with E-state index in [2.05, 4.69) is 9.97 Å². The number of hydrogen-bond donors (Lipinski definition) is 1. The van der Waals surface area contributed by atoms with Gasteiger partial charge in [0.1, 0.15) is 11.3 Å². The van der Waals surface area contributed by atoms with Gasteiger partial charge in [0.15, 0.2) is 5.65 Å². The first-order valence-corrected chi connectivity index (χ1v) is 9.27. The highest BCUT2D eigenvalue weighted by atomic mass is 19.4. The van der Waals surface area contributed by atoms with Crippen LogP contribution in [0.3, 0.4) is 0 Å². The lowest BCUT2D eigenvalue weighted by Crippen LogP contribution is -2.23. The zero-order valence-corrected chi connectivity index (χ0v) is 16.2. The molecule has 1 aromatic carbocycles. The summed E-state index contributed by atoms with van der Waals surface area (Å²) in [5.74, 6) is 0.358. The highest BCUT2D eigenvalue weighted by Gasteiger charge is 2.37. The Hall–Kier alpha value is -2.62. The van der Waals surface area contributed by atoms with Crippen molar-refractivity contribution in [1.29, 1.82) is 0 Å². The minimum atomic E-state index is -4.92. The molecule has 10 heteroatoms. The quantitative estimate of drug-likeness (QED) is 0.539. The van der Waals surface area contributed by atoms with Crippen molar-refractivity contribution in [1.82, 2.24) is 14.5 Å². The average Bonchev–Trinajstić information content (AvgIpc) is 3.03. The Morgan fingerprint density at radius 1 is 1.03 bits per heavy atom. The van der Waals surface area contributed by atoms with Crippen LogP contribution in [0.2, 0.25) is 0 Å². The first kappa shape index (κ1) is 22.1. The average molecular weight is 430 g/mol. The van der Waals surface area contributed by atoms with E-state index in [1.807, 2.05) is 13.8 Å². The molecule has 3 aromatic rings. The molecule has 2 atom stereocenters. The third-order valence-electron chi connectivity index (χ3n) is 5.08. The van der Waals surface area contributed by atoms with Crippen LogP contribution in [0, 0.1) is 5.92 Å². The minimum absolute atomic E-state index is 0.00666. The molecule has 0 aliphatic heterocycles. The predicted molar refractivity (Wildman–Crippen MR) is 99.5 cm³/mol. The molecule has 0 amide bonds. The van der Waals surface area contributed by atoms with Gasteiger partial charge >= 0.3 is 12.4 Å². The Kier molecular flexibility index (Phi) is 5.81. The fourth-order valence-electron chi connectivity index (χ4n) is 3.19. The second kappa shape index (κ2) is 7.90. The maximum atomic E-state index is 13.2. The molecule has 0 saturated carbocycles. The SMILES string of the molecule is CC[C@H](C)[C@H](N)c1nc2cccnc2n1Cc1cc(C(F)(F)F)cc(C(F)(F)F)c1. The minimum Gasteiger partial charge on any atom is -0.321 e. The van der Waals surface area contributed by atoms with E-state index in [0.29, 0.717) is 29.1 Å².